The third-order valence-corrected chi connectivity index (χ3v) is 4.31. The number of rotatable bonds is 2. The van der Waals surface area contributed by atoms with Gasteiger partial charge in [-0.25, -0.2) is 0 Å². The molecular weight excluding hydrogens is 284 g/mol. The van der Waals surface area contributed by atoms with Crippen molar-refractivity contribution in [3.63, 3.8) is 0 Å². The highest BCUT2D eigenvalue weighted by atomic mass is 16.6. The van der Waals surface area contributed by atoms with Crippen LogP contribution in [0, 0.1) is 11.8 Å². The van der Waals surface area contributed by atoms with E-state index in [1.807, 2.05) is 19.1 Å². The second-order valence-corrected chi connectivity index (χ2v) is 6.07. The first-order valence-corrected chi connectivity index (χ1v) is 7.61. The van der Waals surface area contributed by atoms with Crippen molar-refractivity contribution < 1.29 is 23.9 Å². The first-order valence-electron chi connectivity index (χ1n) is 7.61. The summed E-state index contributed by atoms with van der Waals surface area (Å²) in [5, 5.41) is 0. The lowest BCUT2D eigenvalue weighted by atomic mass is 9.82. The van der Waals surface area contributed by atoms with E-state index >= 15 is 0 Å². The van der Waals surface area contributed by atoms with Gasteiger partial charge in [-0.05, 0) is 31.4 Å². The summed E-state index contributed by atoms with van der Waals surface area (Å²) in [5.41, 5.74) is 1.70. The minimum atomic E-state index is -0.505. The van der Waals surface area contributed by atoms with E-state index in [1.54, 1.807) is 6.92 Å². The Labute approximate surface area is 130 Å². The van der Waals surface area contributed by atoms with Gasteiger partial charge in [0.15, 0.2) is 0 Å². The number of esters is 2. The molecule has 0 unspecified atom stereocenters. The van der Waals surface area contributed by atoms with E-state index in [0.717, 1.165) is 24.7 Å². The summed E-state index contributed by atoms with van der Waals surface area (Å²) in [7, 11) is 0. The van der Waals surface area contributed by atoms with Gasteiger partial charge in [-0.3, -0.25) is 14.4 Å². The number of carbonyl (C=O) groups excluding carboxylic acids is 3. The van der Waals surface area contributed by atoms with Crippen LogP contribution in [0.4, 0.5) is 0 Å². The van der Waals surface area contributed by atoms with Crippen LogP contribution in [-0.2, 0) is 23.9 Å². The van der Waals surface area contributed by atoms with Gasteiger partial charge in [0.05, 0.1) is 11.8 Å². The zero-order chi connectivity index (χ0) is 16.3. The molecule has 22 heavy (non-hydrogen) atoms. The molecule has 2 aliphatic rings. The molecule has 0 amide bonds. The Morgan fingerprint density at radius 1 is 1.45 bits per heavy atom. The fourth-order valence-electron chi connectivity index (χ4n) is 3.16. The second-order valence-electron chi connectivity index (χ2n) is 6.07. The number of hydrogen-bond acceptors (Lipinski definition) is 5. The molecule has 4 atom stereocenters. The number of carbonyl (C=O) groups is 3. The highest BCUT2D eigenvalue weighted by Gasteiger charge is 2.47. The first-order chi connectivity index (χ1) is 10.4. The predicted molar refractivity (Wildman–Crippen MR) is 79.8 cm³/mol. The number of ether oxygens (including phenoxy) is 2. The molecule has 0 N–H and O–H groups in total. The first kappa shape index (κ1) is 16.5. The molecule has 1 fully saturated rings. The molecule has 120 valence electrons. The third-order valence-electron chi connectivity index (χ3n) is 4.31. The maximum atomic E-state index is 12.0. The summed E-state index contributed by atoms with van der Waals surface area (Å²) in [5.74, 6) is -1.33. The molecule has 1 aliphatic carbocycles. The van der Waals surface area contributed by atoms with Gasteiger partial charge in [0.1, 0.15) is 18.5 Å². The van der Waals surface area contributed by atoms with E-state index in [-0.39, 0.29) is 23.8 Å². The summed E-state index contributed by atoms with van der Waals surface area (Å²) >= 11 is 0. The Balaban J connectivity index is 2.39. The molecule has 2 rings (SSSR count). The van der Waals surface area contributed by atoms with Crippen molar-refractivity contribution in [2.24, 2.45) is 11.8 Å². The quantitative estimate of drug-likeness (QED) is 0.445. The van der Waals surface area contributed by atoms with Crippen molar-refractivity contribution in [3.05, 3.63) is 23.3 Å². The highest BCUT2D eigenvalue weighted by Crippen LogP contribution is 2.37. The van der Waals surface area contributed by atoms with Crippen molar-refractivity contribution >= 4 is 18.2 Å². The van der Waals surface area contributed by atoms with Crippen LogP contribution in [0.1, 0.15) is 40.0 Å². The van der Waals surface area contributed by atoms with Gasteiger partial charge >= 0.3 is 11.9 Å². The van der Waals surface area contributed by atoms with Crippen LogP contribution in [0.3, 0.4) is 0 Å². The molecular formula is C17H22O5. The summed E-state index contributed by atoms with van der Waals surface area (Å²) < 4.78 is 10.9. The number of allylic oxidation sites excluding steroid dienone is 2. The lowest BCUT2D eigenvalue weighted by Crippen LogP contribution is -2.35. The number of fused-ring (bicyclic) bond motifs is 1. The zero-order valence-corrected chi connectivity index (χ0v) is 13.2. The Bertz CT molecular complexity index is 531. The molecule has 0 aromatic rings. The number of hydrogen-bond donors (Lipinski definition) is 0. The van der Waals surface area contributed by atoms with Crippen molar-refractivity contribution in [1.82, 2.24) is 0 Å². The molecule has 5 heteroatoms. The van der Waals surface area contributed by atoms with Crippen LogP contribution in [0.2, 0.25) is 0 Å². The van der Waals surface area contributed by atoms with Crippen LogP contribution in [0.25, 0.3) is 0 Å². The van der Waals surface area contributed by atoms with Crippen LogP contribution >= 0.6 is 0 Å². The normalized spacial score (nSPS) is 37.0. The Kier molecular flexibility index (Phi) is 5.16. The molecule has 0 radical (unpaired) electrons. The highest BCUT2D eigenvalue weighted by molar-refractivity contribution is 5.77. The molecule has 0 aromatic carbocycles. The molecule has 1 heterocycles. The van der Waals surface area contributed by atoms with E-state index in [0.29, 0.717) is 12.0 Å². The van der Waals surface area contributed by atoms with Gasteiger partial charge in [-0.15, -0.1) is 0 Å². The lowest BCUT2D eigenvalue weighted by molar-refractivity contribution is -0.147. The summed E-state index contributed by atoms with van der Waals surface area (Å²) in [6, 6.07) is 0. The lowest BCUT2D eigenvalue weighted by Gasteiger charge is -2.27. The minimum Gasteiger partial charge on any atom is -0.461 e. The summed E-state index contributed by atoms with van der Waals surface area (Å²) in [6.45, 7) is 5.10. The van der Waals surface area contributed by atoms with Gasteiger partial charge in [0.2, 0.25) is 0 Å². The van der Waals surface area contributed by atoms with Crippen LogP contribution in [0.5, 0.6) is 0 Å². The average Bonchev–Trinajstić information content (AvgIpc) is 2.71. The zero-order valence-electron chi connectivity index (χ0n) is 13.2. The molecule has 1 aliphatic heterocycles. The SMILES string of the molecule is CC(=O)O[C@@H]1/C=C(\C)CC/C=C(/C=O)C[C@H]2OC(=O)[C@H](C)[C@@H]12. The van der Waals surface area contributed by atoms with Crippen molar-refractivity contribution in [1.29, 1.82) is 0 Å². The average molecular weight is 306 g/mol. The molecule has 0 saturated carbocycles. The van der Waals surface area contributed by atoms with E-state index in [4.69, 9.17) is 9.47 Å². The van der Waals surface area contributed by atoms with Crippen LogP contribution in [-0.4, -0.2) is 30.4 Å². The molecule has 0 aromatic heterocycles. The van der Waals surface area contributed by atoms with Gasteiger partial charge in [0, 0.05) is 13.3 Å². The maximum absolute atomic E-state index is 12.0. The fourth-order valence-corrected chi connectivity index (χ4v) is 3.16. The molecule has 0 bridgehead atoms. The fraction of sp³-hybridized carbons (Fsp3) is 0.588. The van der Waals surface area contributed by atoms with Crippen molar-refractivity contribution in [2.45, 2.75) is 52.2 Å². The van der Waals surface area contributed by atoms with Crippen molar-refractivity contribution in [2.75, 3.05) is 0 Å². The van der Waals surface area contributed by atoms with E-state index in [2.05, 4.69) is 0 Å². The van der Waals surface area contributed by atoms with E-state index in [1.165, 1.54) is 6.92 Å². The standard InChI is InChI=1S/C17H22O5/c1-10-5-4-6-13(9-18)8-15-16(11(2)17(20)22-15)14(7-10)21-12(3)19/h6-7,9,11,14-16H,4-5,8H2,1-3H3/b10-7+,13-6+/t11-,14-,15-,16+/m1/s1. The predicted octanol–water partition coefficient (Wildman–Crippen LogP) is 2.35. The largest absolute Gasteiger partial charge is 0.461 e. The van der Waals surface area contributed by atoms with Gasteiger partial charge < -0.3 is 9.47 Å². The minimum absolute atomic E-state index is 0.271. The van der Waals surface area contributed by atoms with Gasteiger partial charge in [-0.2, -0.15) is 0 Å². The van der Waals surface area contributed by atoms with E-state index < -0.39 is 12.2 Å². The third kappa shape index (κ3) is 3.64. The Morgan fingerprint density at radius 3 is 2.82 bits per heavy atom. The van der Waals surface area contributed by atoms with E-state index in [9.17, 15) is 14.4 Å². The smallest absolute Gasteiger partial charge is 0.309 e. The summed E-state index contributed by atoms with van der Waals surface area (Å²) in [4.78, 5) is 34.6. The van der Waals surface area contributed by atoms with Crippen LogP contribution in [0.15, 0.2) is 23.3 Å². The molecule has 5 nitrogen and oxygen atoms in total. The Morgan fingerprint density at radius 2 is 2.18 bits per heavy atom. The molecule has 1 saturated heterocycles. The maximum Gasteiger partial charge on any atom is 0.309 e. The number of aldehydes is 1. The summed E-state index contributed by atoms with van der Waals surface area (Å²) in [6.07, 6.45) is 5.58. The monoisotopic (exact) mass is 306 g/mol. The second kappa shape index (κ2) is 6.90. The Hall–Kier alpha value is -1.91. The van der Waals surface area contributed by atoms with Crippen molar-refractivity contribution in [3.8, 4) is 0 Å². The van der Waals surface area contributed by atoms with Crippen LogP contribution < -0.4 is 0 Å². The topological polar surface area (TPSA) is 69.7 Å². The molecule has 0 spiro atoms. The van der Waals surface area contributed by atoms with Gasteiger partial charge in [0.25, 0.3) is 0 Å². The van der Waals surface area contributed by atoms with Gasteiger partial charge in [-0.1, -0.05) is 18.6 Å².